The van der Waals surface area contributed by atoms with Crippen LogP contribution in [0.5, 0.6) is 0 Å². The zero-order valence-electron chi connectivity index (χ0n) is 17.1. The molecule has 1 amide bonds. The first kappa shape index (κ1) is 21.8. The van der Waals surface area contributed by atoms with Gasteiger partial charge in [0, 0.05) is 44.6 Å². The summed E-state index contributed by atoms with van der Waals surface area (Å²) in [5.74, 6) is -0.364. The molecule has 1 N–H and O–H groups in total. The summed E-state index contributed by atoms with van der Waals surface area (Å²) in [6, 6.07) is 9.06. The maximum Gasteiger partial charge on any atom is 0.252 e. The third-order valence-corrected chi connectivity index (χ3v) is 8.34. The van der Waals surface area contributed by atoms with E-state index in [0.717, 1.165) is 53.9 Å². The molecule has 1 aliphatic heterocycles. The highest BCUT2D eigenvalue weighted by Crippen LogP contribution is 2.25. The number of nitrogens with zero attached hydrogens (tertiary/aromatic N) is 3. The van der Waals surface area contributed by atoms with Crippen molar-refractivity contribution in [1.82, 2.24) is 9.21 Å². The smallest absolute Gasteiger partial charge is 0.252 e. The van der Waals surface area contributed by atoms with E-state index >= 15 is 0 Å². The molecule has 2 aromatic rings. The van der Waals surface area contributed by atoms with E-state index in [1.807, 2.05) is 25.1 Å². The predicted molar refractivity (Wildman–Crippen MR) is 118 cm³/mol. The summed E-state index contributed by atoms with van der Waals surface area (Å²) in [5.41, 5.74) is 2.94. The molecular weight excluding hydrogens is 408 g/mol. The number of benzene rings is 1. The third-order valence-electron chi connectivity index (χ3n) is 5.17. The van der Waals surface area contributed by atoms with Crippen LogP contribution in [0.2, 0.25) is 0 Å². The van der Waals surface area contributed by atoms with Crippen molar-refractivity contribution < 1.29 is 13.2 Å². The number of nitrogens with one attached hydrogen (secondary N) is 1. The van der Waals surface area contributed by atoms with Crippen molar-refractivity contribution in [1.29, 1.82) is 0 Å². The first-order valence-corrected chi connectivity index (χ1v) is 12.0. The van der Waals surface area contributed by atoms with Crippen LogP contribution in [0.25, 0.3) is 0 Å². The number of carbonyl (C=O) groups excluding carboxylic acids is 1. The van der Waals surface area contributed by atoms with Crippen LogP contribution in [0, 0.1) is 6.92 Å². The summed E-state index contributed by atoms with van der Waals surface area (Å²) in [6.07, 6.45) is 0. The van der Waals surface area contributed by atoms with E-state index in [4.69, 9.17) is 0 Å². The second-order valence-electron chi connectivity index (χ2n) is 7.16. The number of sulfonamides is 1. The predicted octanol–water partition coefficient (Wildman–Crippen LogP) is 2.46. The molecule has 1 aliphatic rings. The van der Waals surface area contributed by atoms with E-state index in [-0.39, 0.29) is 16.7 Å². The number of piperazine rings is 1. The number of aryl methyl sites for hydroxylation is 1. The van der Waals surface area contributed by atoms with Crippen molar-refractivity contribution in [2.45, 2.75) is 18.1 Å². The molecule has 0 atom stereocenters. The molecule has 0 radical (unpaired) electrons. The van der Waals surface area contributed by atoms with E-state index < -0.39 is 10.0 Å². The zero-order chi connectivity index (χ0) is 21.0. The molecule has 1 aromatic heterocycles. The average molecular weight is 437 g/mol. The monoisotopic (exact) mass is 436 g/mol. The topological polar surface area (TPSA) is 73.0 Å². The number of likely N-dealkylation sites (N-methyl/N-ethyl adjacent to an activating group) is 2. The molecule has 0 spiro atoms. The number of hydrogen-bond donors (Lipinski definition) is 1. The molecule has 2 heterocycles. The van der Waals surface area contributed by atoms with E-state index in [2.05, 4.69) is 22.0 Å². The van der Waals surface area contributed by atoms with Gasteiger partial charge in [-0.2, -0.15) is 4.31 Å². The lowest BCUT2D eigenvalue weighted by atomic mass is 10.1. The molecular formula is C20H28N4O3S2. The Morgan fingerprint density at radius 1 is 1.21 bits per heavy atom. The van der Waals surface area contributed by atoms with Crippen LogP contribution in [0.1, 0.15) is 12.5 Å². The lowest BCUT2D eigenvalue weighted by Crippen LogP contribution is -2.46. The van der Waals surface area contributed by atoms with E-state index in [1.165, 1.54) is 18.8 Å². The minimum absolute atomic E-state index is 0.233. The molecule has 158 valence electrons. The van der Waals surface area contributed by atoms with Gasteiger partial charge in [-0.25, -0.2) is 8.42 Å². The van der Waals surface area contributed by atoms with Crippen LogP contribution in [-0.2, 0) is 14.8 Å². The summed E-state index contributed by atoms with van der Waals surface area (Å²) < 4.78 is 26.2. The minimum atomic E-state index is -3.64. The molecule has 0 bridgehead atoms. The lowest BCUT2D eigenvalue weighted by molar-refractivity contribution is -0.116. The van der Waals surface area contributed by atoms with Gasteiger partial charge in [-0.3, -0.25) is 4.79 Å². The Balaban J connectivity index is 1.60. The number of hydrogen-bond acceptors (Lipinski definition) is 6. The highest BCUT2D eigenvalue weighted by molar-refractivity contribution is 7.91. The third kappa shape index (κ3) is 5.16. The first-order valence-electron chi connectivity index (χ1n) is 9.69. The molecule has 0 unspecified atom stereocenters. The Morgan fingerprint density at radius 3 is 2.52 bits per heavy atom. The molecule has 29 heavy (non-hydrogen) atoms. The van der Waals surface area contributed by atoms with Gasteiger partial charge in [0.2, 0.25) is 5.91 Å². The van der Waals surface area contributed by atoms with Crippen LogP contribution >= 0.6 is 11.3 Å². The number of rotatable bonds is 7. The normalized spacial score (nSPS) is 15.7. The number of amides is 1. The fraction of sp³-hybridized carbons (Fsp3) is 0.450. The quantitative estimate of drug-likeness (QED) is 0.722. The van der Waals surface area contributed by atoms with E-state index in [1.54, 1.807) is 11.4 Å². The van der Waals surface area contributed by atoms with Crippen LogP contribution in [0.4, 0.5) is 11.4 Å². The van der Waals surface area contributed by atoms with Crippen LogP contribution < -0.4 is 10.2 Å². The van der Waals surface area contributed by atoms with Gasteiger partial charge in [0.05, 0.1) is 6.54 Å². The van der Waals surface area contributed by atoms with Crippen molar-refractivity contribution in [3.05, 3.63) is 41.3 Å². The second-order valence-corrected chi connectivity index (χ2v) is 10.4. The first-order chi connectivity index (χ1) is 13.8. The van der Waals surface area contributed by atoms with Crippen LogP contribution in [0.3, 0.4) is 0 Å². The number of thiophene rings is 1. The van der Waals surface area contributed by atoms with Gasteiger partial charge in [-0.15, -0.1) is 11.3 Å². The van der Waals surface area contributed by atoms with Gasteiger partial charge in [0.25, 0.3) is 10.0 Å². The summed E-state index contributed by atoms with van der Waals surface area (Å²) in [5, 5.41) is 4.51. The molecule has 0 saturated carbocycles. The molecule has 1 fully saturated rings. The Morgan fingerprint density at radius 2 is 1.93 bits per heavy atom. The maximum absolute atomic E-state index is 12.4. The van der Waals surface area contributed by atoms with Gasteiger partial charge in [0.15, 0.2) is 0 Å². The van der Waals surface area contributed by atoms with Gasteiger partial charge in [-0.05, 0) is 48.7 Å². The largest absolute Gasteiger partial charge is 0.369 e. The Bertz CT molecular complexity index is 937. The van der Waals surface area contributed by atoms with Crippen molar-refractivity contribution in [2.75, 3.05) is 56.5 Å². The second kappa shape index (κ2) is 9.25. The van der Waals surface area contributed by atoms with Crippen LogP contribution in [0.15, 0.2) is 39.9 Å². The van der Waals surface area contributed by atoms with Gasteiger partial charge in [0.1, 0.15) is 4.21 Å². The van der Waals surface area contributed by atoms with E-state index in [9.17, 15) is 13.2 Å². The molecule has 3 rings (SSSR count). The number of anilines is 2. The molecule has 9 heteroatoms. The van der Waals surface area contributed by atoms with Crippen molar-refractivity contribution in [3.8, 4) is 0 Å². The van der Waals surface area contributed by atoms with Crippen molar-refractivity contribution in [2.24, 2.45) is 0 Å². The maximum atomic E-state index is 12.4. The molecule has 1 aromatic carbocycles. The highest BCUT2D eigenvalue weighted by atomic mass is 32.2. The summed E-state index contributed by atoms with van der Waals surface area (Å²) in [7, 11) is -2.22. The summed E-state index contributed by atoms with van der Waals surface area (Å²) >= 11 is 1.14. The van der Waals surface area contributed by atoms with Crippen molar-refractivity contribution >= 4 is 38.6 Å². The van der Waals surface area contributed by atoms with Gasteiger partial charge >= 0.3 is 0 Å². The minimum Gasteiger partial charge on any atom is -0.369 e. The SMILES string of the molecule is CCN1CCN(c2ccc(NC(=O)CN(C)S(=O)(=O)c3cccs3)cc2C)CC1. The van der Waals surface area contributed by atoms with Crippen molar-refractivity contribution in [3.63, 3.8) is 0 Å². The number of carbonyl (C=O) groups is 1. The zero-order valence-corrected chi connectivity index (χ0v) is 18.7. The Labute approximate surface area is 177 Å². The van der Waals surface area contributed by atoms with Crippen LogP contribution in [-0.4, -0.2) is 69.8 Å². The standard InChI is InChI=1S/C20H28N4O3S2/c1-4-23-9-11-24(12-10-23)18-8-7-17(14-16(18)2)21-19(25)15-22(3)29(26,27)20-6-5-13-28-20/h5-8,13-14H,4,9-12,15H2,1-3H3,(H,21,25). The van der Waals surface area contributed by atoms with E-state index in [0.29, 0.717) is 5.69 Å². The summed E-state index contributed by atoms with van der Waals surface area (Å²) in [4.78, 5) is 17.2. The van der Waals surface area contributed by atoms with Gasteiger partial charge < -0.3 is 15.1 Å². The molecule has 1 saturated heterocycles. The average Bonchev–Trinajstić information content (AvgIpc) is 3.24. The fourth-order valence-electron chi connectivity index (χ4n) is 3.44. The summed E-state index contributed by atoms with van der Waals surface area (Å²) in [6.45, 7) is 9.15. The fourth-order valence-corrected chi connectivity index (χ4v) is 5.77. The van der Waals surface area contributed by atoms with Gasteiger partial charge in [-0.1, -0.05) is 13.0 Å². The highest BCUT2D eigenvalue weighted by Gasteiger charge is 2.24. The Kier molecular flexibility index (Phi) is 6.94. The lowest BCUT2D eigenvalue weighted by Gasteiger charge is -2.36. The Hall–Kier alpha value is -1.94. The molecule has 7 nitrogen and oxygen atoms in total. The molecule has 0 aliphatic carbocycles.